The first kappa shape index (κ1) is 15.4. The molecule has 0 radical (unpaired) electrons. The van der Waals surface area contributed by atoms with Crippen LogP contribution < -0.4 is 5.73 Å². The van der Waals surface area contributed by atoms with E-state index in [4.69, 9.17) is 17.3 Å². The van der Waals surface area contributed by atoms with E-state index < -0.39 is 5.82 Å². The van der Waals surface area contributed by atoms with Gasteiger partial charge in [-0.05, 0) is 31.7 Å². The highest BCUT2D eigenvalue weighted by atomic mass is 35.5. The van der Waals surface area contributed by atoms with Crippen molar-refractivity contribution >= 4 is 22.9 Å². The van der Waals surface area contributed by atoms with Crippen LogP contribution in [0.1, 0.15) is 22.3 Å². The van der Waals surface area contributed by atoms with Crippen LogP contribution in [-0.4, -0.2) is 23.5 Å². The average Bonchev–Trinajstić information content (AvgIpc) is 2.80. The molecular formula is C14H17ClFN3S. The topological polar surface area (TPSA) is 42.2 Å². The number of likely N-dealkylation sites (N-methyl/N-ethyl adjacent to an activating group) is 1. The Labute approximate surface area is 127 Å². The van der Waals surface area contributed by atoms with Crippen molar-refractivity contribution in [1.29, 1.82) is 0 Å². The second-order valence-electron chi connectivity index (χ2n) is 4.70. The number of thiazole rings is 1. The number of aromatic nitrogens is 1. The monoisotopic (exact) mass is 313 g/mol. The fourth-order valence-corrected chi connectivity index (χ4v) is 2.86. The van der Waals surface area contributed by atoms with Crippen LogP contribution in [0.15, 0.2) is 23.6 Å². The quantitative estimate of drug-likeness (QED) is 0.920. The Balaban J connectivity index is 2.16. The summed E-state index contributed by atoms with van der Waals surface area (Å²) >= 11 is 7.33. The zero-order valence-corrected chi connectivity index (χ0v) is 13.0. The van der Waals surface area contributed by atoms with Gasteiger partial charge in [0.15, 0.2) is 0 Å². The number of nitrogens with zero attached hydrogens (tertiary/aromatic N) is 2. The Bertz CT molecular complexity index is 588. The summed E-state index contributed by atoms with van der Waals surface area (Å²) in [5, 5.41) is 3.19. The molecule has 20 heavy (non-hydrogen) atoms. The third-order valence-electron chi connectivity index (χ3n) is 3.16. The maximum atomic E-state index is 13.6. The van der Waals surface area contributed by atoms with E-state index in [0.717, 1.165) is 16.3 Å². The number of benzene rings is 1. The molecule has 2 rings (SSSR count). The summed E-state index contributed by atoms with van der Waals surface area (Å²) in [5.41, 5.74) is 7.66. The van der Waals surface area contributed by atoms with Crippen molar-refractivity contribution in [2.75, 3.05) is 13.6 Å². The molecule has 0 fully saturated rings. The van der Waals surface area contributed by atoms with Gasteiger partial charge in [0.05, 0.1) is 15.7 Å². The van der Waals surface area contributed by atoms with Gasteiger partial charge in [-0.2, -0.15) is 0 Å². The highest BCUT2D eigenvalue weighted by Gasteiger charge is 2.18. The Kier molecular flexibility index (Phi) is 5.10. The van der Waals surface area contributed by atoms with E-state index in [0.29, 0.717) is 13.1 Å². The van der Waals surface area contributed by atoms with Crippen LogP contribution in [0.3, 0.4) is 0 Å². The minimum absolute atomic E-state index is 0.0660. The van der Waals surface area contributed by atoms with Crippen molar-refractivity contribution in [3.8, 4) is 0 Å². The van der Waals surface area contributed by atoms with E-state index in [9.17, 15) is 4.39 Å². The molecule has 0 amide bonds. The van der Waals surface area contributed by atoms with Crippen LogP contribution in [0.5, 0.6) is 0 Å². The molecule has 0 aliphatic rings. The second kappa shape index (κ2) is 6.63. The Morgan fingerprint density at radius 1 is 1.50 bits per heavy atom. The van der Waals surface area contributed by atoms with Crippen molar-refractivity contribution in [1.82, 2.24) is 9.88 Å². The molecule has 1 atom stereocenters. The first-order valence-electron chi connectivity index (χ1n) is 6.27. The van der Waals surface area contributed by atoms with Gasteiger partial charge in [-0.25, -0.2) is 9.37 Å². The van der Waals surface area contributed by atoms with Crippen LogP contribution in [0.4, 0.5) is 4.39 Å². The lowest BCUT2D eigenvalue weighted by molar-refractivity contribution is 0.239. The standard InChI is InChI=1S/C14H17ClFN3S/c1-9-18-11(8-20-9)7-19(2)14(6-17)10-3-4-12(15)13(16)5-10/h3-5,8,14H,6-7,17H2,1-2H3. The van der Waals surface area contributed by atoms with E-state index in [1.165, 1.54) is 6.07 Å². The lowest BCUT2D eigenvalue weighted by atomic mass is 10.1. The molecule has 0 spiro atoms. The van der Waals surface area contributed by atoms with E-state index in [1.54, 1.807) is 17.4 Å². The molecule has 0 saturated heterocycles. The number of nitrogens with two attached hydrogens (primary N) is 1. The smallest absolute Gasteiger partial charge is 0.142 e. The van der Waals surface area contributed by atoms with Crippen molar-refractivity contribution in [3.63, 3.8) is 0 Å². The molecule has 0 bridgehead atoms. The number of rotatable bonds is 5. The van der Waals surface area contributed by atoms with Crippen molar-refractivity contribution < 1.29 is 4.39 Å². The molecule has 1 unspecified atom stereocenters. The number of aryl methyl sites for hydroxylation is 1. The molecule has 1 aromatic carbocycles. The molecule has 0 aliphatic carbocycles. The van der Waals surface area contributed by atoms with Crippen LogP contribution in [-0.2, 0) is 6.54 Å². The van der Waals surface area contributed by atoms with E-state index in [2.05, 4.69) is 9.88 Å². The summed E-state index contributed by atoms with van der Waals surface area (Å²) in [4.78, 5) is 6.50. The predicted molar refractivity (Wildman–Crippen MR) is 81.5 cm³/mol. The molecular weight excluding hydrogens is 297 g/mol. The summed E-state index contributed by atoms with van der Waals surface area (Å²) in [5.74, 6) is -0.416. The number of hydrogen-bond acceptors (Lipinski definition) is 4. The summed E-state index contributed by atoms with van der Waals surface area (Å²) in [6.07, 6.45) is 0. The number of hydrogen-bond donors (Lipinski definition) is 1. The van der Waals surface area contributed by atoms with Gasteiger partial charge in [-0.3, -0.25) is 4.90 Å². The minimum Gasteiger partial charge on any atom is -0.329 e. The zero-order valence-electron chi connectivity index (χ0n) is 11.4. The van der Waals surface area contributed by atoms with Crippen LogP contribution in [0.25, 0.3) is 0 Å². The molecule has 0 aliphatic heterocycles. The lowest BCUT2D eigenvalue weighted by Gasteiger charge is -2.26. The molecule has 3 nitrogen and oxygen atoms in total. The third kappa shape index (κ3) is 3.55. The highest BCUT2D eigenvalue weighted by Crippen LogP contribution is 2.24. The van der Waals surface area contributed by atoms with Crippen LogP contribution >= 0.6 is 22.9 Å². The van der Waals surface area contributed by atoms with Gasteiger partial charge in [0.1, 0.15) is 5.82 Å². The van der Waals surface area contributed by atoms with Gasteiger partial charge in [0, 0.05) is 24.5 Å². The molecule has 1 heterocycles. The molecule has 1 aromatic heterocycles. The van der Waals surface area contributed by atoms with Crippen LogP contribution in [0, 0.1) is 12.7 Å². The van der Waals surface area contributed by atoms with Gasteiger partial charge in [-0.15, -0.1) is 11.3 Å². The first-order valence-corrected chi connectivity index (χ1v) is 7.53. The van der Waals surface area contributed by atoms with Gasteiger partial charge in [0.2, 0.25) is 0 Å². The SMILES string of the molecule is Cc1nc(CN(C)C(CN)c2ccc(Cl)c(F)c2)cs1. The molecule has 0 saturated carbocycles. The second-order valence-corrected chi connectivity index (χ2v) is 6.17. The average molecular weight is 314 g/mol. The van der Waals surface area contributed by atoms with E-state index in [-0.39, 0.29) is 11.1 Å². The highest BCUT2D eigenvalue weighted by molar-refractivity contribution is 7.09. The van der Waals surface area contributed by atoms with Crippen molar-refractivity contribution in [3.05, 3.63) is 50.7 Å². The Morgan fingerprint density at radius 2 is 2.25 bits per heavy atom. The summed E-state index contributed by atoms with van der Waals surface area (Å²) < 4.78 is 13.6. The van der Waals surface area contributed by atoms with E-state index >= 15 is 0 Å². The Morgan fingerprint density at radius 3 is 2.80 bits per heavy atom. The summed E-state index contributed by atoms with van der Waals surface area (Å²) in [6.45, 7) is 3.06. The normalized spacial score (nSPS) is 12.9. The largest absolute Gasteiger partial charge is 0.329 e. The summed E-state index contributed by atoms with van der Waals surface area (Å²) in [7, 11) is 1.96. The van der Waals surface area contributed by atoms with Crippen molar-refractivity contribution in [2.24, 2.45) is 5.73 Å². The zero-order chi connectivity index (χ0) is 14.7. The lowest BCUT2D eigenvalue weighted by Crippen LogP contribution is -2.30. The molecule has 2 N–H and O–H groups in total. The Hall–Kier alpha value is -1.01. The van der Waals surface area contributed by atoms with Gasteiger partial charge in [0.25, 0.3) is 0 Å². The number of halogens is 2. The molecule has 2 aromatic rings. The van der Waals surface area contributed by atoms with Crippen molar-refractivity contribution in [2.45, 2.75) is 19.5 Å². The predicted octanol–water partition coefficient (Wildman–Crippen LogP) is 3.38. The maximum Gasteiger partial charge on any atom is 0.142 e. The third-order valence-corrected chi connectivity index (χ3v) is 4.29. The minimum atomic E-state index is -0.416. The summed E-state index contributed by atoms with van der Waals surface area (Å²) in [6, 6.07) is 4.76. The van der Waals surface area contributed by atoms with Gasteiger partial charge < -0.3 is 5.73 Å². The van der Waals surface area contributed by atoms with E-state index in [1.807, 2.05) is 25.4 Å². The van der Waals surface area contributed by atoms with Gasteiger partial charge >= 0.3 is 0 Å². The first-order chi connectivity index (χ1) is 9.51. The molecule has 108 valence electrons. The van der Waals surface area contributed by atoms with Crippen LogP contribution in [0.2, 0.25) is 5.02 Å². The molecule has 6 heteroatoms. The fraction of sp³-hybridized carbons (Fsp3) is 0.357. The van der Waals surface area contributed by atoms with Gasteiger partial charge in [-0.1, -0.05) is 17.7 Å². The fourth-order valence-electron chi connectivity index (χ4n) is 2.14. The maximum absolute atomic E-state index is 13.6.